The van der Waals surface area contributed by atoms with Gasteiger partial charge in [-0.25, -0.2) is 0 Å². The molecule has 1 N–H and O–H groups in total. The van der Waals surface area contributed by atoms with Crippen LogP contribution in [-0.4, -0.2) is 15.8 Å². The van der Waals surface area contributed by atoms with Crippen LogP contribution >= 0.6 is 0 Å². The van der Waals surface area contributed by atoms with E-state index in [1.807, 2.05) is 10.9 Å². The zero-order valence-corrected chi connectivity index (χ0v) is 9.74. The van der Waals surface area contributed by atoms with Gasteiger partial charge in [0.15, 0.2) is 0 Å². The number of hydrogen-bond acceptors (Lipinski definition) is 2. The molecule has 1 aliphatic carbocycles. The predicted molar refractivity (Wildman–Crippen MR) is 62.9 cm³/mol. The smallest absolute Gasteiger partial charge is 0.0728 e. The Morgan fingerprint density at radius 2 is 2.27 bits per heavy atom. The first-order chi connectivity index (χ1) is 7.29. The zero-order valence-electron chi connectivity index (χ0n) is 9.74. The number of rotatable bonds is 4. The van der Waals surface area contributed by atoms with Gasteiger partial charge in [-0.15, -0.1) is 0 Å². The molecule has 3 nitrogen and oxygen atoms in total. The molecular weight excluding hydrogens is 186 g/mol. The van der Waals surface area contributed by atoms with E-state index in [2.05, 4.69) is 30.5 Å². The number of nitrogens with zero attached hydrogens (tertiary/aromatic N) is 2. The topological polar surface area (TPSA) is 29.9 Å². The first-order valence-electron chi connectivity index (χ1n) is 6.08. The lowest BCUT2D eigenvalue weighted by molar-refractivity contribution is 0.482. The standard InChI is InChI=1S/C12H21N3/c1-3-15-9-12(8-13-15)14-10(2)11-6-4-5-7-11/h8-11,14H,3-7H2,1-2H3. The Labute approximate surface area is 91.9 Å². The highest BCUT2D eigenvalue weighted by Crippen LogP contribution is 2.29. The average Bonchev–Trinajstić information content (AvgIpc) is 2.87. The maximum absolute atomic E-state index is 4.27. The quantitative estimate of drug-likeness (QED) is 0.822. The minimum atomic E-state index is 0.585. The van der Waals surface area contributed by atoms with Crippen molar-refractivity contribution in [2.75, 3.05) is 5.32 Å². The largest absolute Gasteiger partial charge is 0.380 e. The van der Waals surface area contributed by atoms with Crippen LogP contribution in [0, 0.1) is 5.92 Å². The highest BCUT2D eigenvalue weighted by Gasteiger charge is 2.21. The molecule has 1 unspecified atom stereocenters. The highest BCUT2D eigenvalue weighted by atomic mass is 15.3. The first-order valence-corrected chi connectivity index (χ1v) is 6.08. The fraction of sp³-hybridized carbons (Fsp3) is 0.750. The van der Waals surface area contributed by atoms with Crippen molar-refractivity contribution in [3.05, 3.63) is 12.4 Å². The Kier molecular flexibility index (Phi) is 3.29. The van der Waals surface area contributed by atoms with Crippen molar-refractivity contribution < 1.29 is 0 Å². The van der Waals surface area contributed by atoms with Crippen LogP contribution in [-0.2, 0) is 6.54 Å². The van der Waals surface area contributed by atoms with Crippen LogP contribution in [0.4, 0.5) is 5.69 Å². The third kappa shape index (κ3) is 2.52. The van der Waals surface area contributed by atoms with Crippen molar-refractivity contribution >= 4 is 5.69 Å². The van der Waals surface area contributed by atoms with Crippen molar-refractivity contribution in [3.8, 4) is 0 Å². The van der Waals surface area contributed by atoms with Gasteiger partial charge in [0, 0.05) is 18.8 Å². The second-order valence-corrected chi connectivity index (χ2v) is 4.56. The van der Waals surface area contributed by atoms with E-state index in [1.54, 1.807) is 0 Å². The number of aryl methyl sites for hydroxylation is 1. The van der Waals surface area contributed by atoms with Crippen molar-refractivity contribution in [1.82, 2.24) is 9.78 Å². The molecule has 1 atom stereocenters. The van der Waals surface area contributed by atoms with Crippen LogP contribution < -0.4 is 5.32 Å². The summed E-state index contributed by atoms with van der Waals surface area (Å²) in [5.41, 5.74) is 1.16. The van der Waals surface area contributed by atoms with E-state index < -0.39 is 0 Å². The second-order valence-electron chi connectivity index (χ2n) is 4.56. The summed E-state index contributed by atoms with van der Waals surface area (Å²) >= 11 is 0. The maximum Gasteiger partial charge on any atom is 0.0728 e. The Hall–Kier alpha value is -0.990. The van der Waals surface area contributed by atoms with Gasteiger partial charge in [-0.05, 0) is 32.6 Å². The molecule has 0 amide bonds. The van der Waals surface area contributed by atoms with Crippen LogP contribution in [0.5, 0.6) is 0 Å². The summed E-state index contributed by atoms with van der Waals surface area (Å²) in [6.07, 6.45) is 9.60. The van der Waals surface area contributed by atoms with Crippen LogP contribution in [0.25, 0.3) is 0 Å². The molecule has 0 radical (unpaired) electrons. The molecule has 0 aliphatic heterocycles. The maximum atomic E-state index is 4.27. The van der Waals surface area contributed by atoms with E-state index in [-0.39, 0.29) is 0 Å². The molecule has 84 valence electrons. The summed E-state index contributed by atoms with van der Waals surface area (Å²) < 4.78 is 1.96. The lowest BCUT2D eigenvalue weighted by Gasteiger charge is -2.20. The number of anilines is 1. The molecule has 0 spiro atoms. The second kappa shape index (κ2) is 4.69. The zero-order chi connectivity index (χ0) is 10.7. The van der Waals surface area contributed by atoms with Gasteiger partial charge in [0.1, 0.15) is 0 Å². The van der Waals surface area contributed by atoms with Crippen LogP contribution in [0.1, 0.15) is 39.5 Å². The summed E-state index contributed by atoms with van der Waals surface area (Å²) in [6.45, 7) is 5.34. The Bertz CT molecular complexity index is 300. The van der Waals surface area contributed by atoms with Gasteiger partial charge in [0.25, 0.3) is 0 Å². The van der Waals surface area contributed by atoms with E-state index in [0.717, 1.165) is 18.2 Å². The molecule has 1 saturated carbocycles. The monoisotopic (exact) mass is 207 g/mol. The molecule has 0 aromatic carbocycles. The van der Waals surface area contributed by atoms with Crippen LogP contribution in [0.3, 0.4) is 0 Å². The van der Waals surface area contributed by atoms with E-state index in [0.29, 0.717) is 6.04 Å². The molecule has 3 heteroatoms. The molecule has 2 rings (SSSR count). The molecule has 0 bridgehead atoms. The fourth-order valence-electron chi connectivity index (χ4n) is 2.45. The third-order valence-corrected chi connectivity index (χ3v) is 3.46. The van der Waals surface area contributed by atoms with E-state index in [9.17, 15) is 0 Å². The van der Waals surface area contributed by atoms with Gasteiger partial charge in [0.2, 0.25) is 0 Å². The summed E-state index contributed by atoms with van der Waals surface area (Å²) in [6, 6.07) is 0.585. The van der Waals surface area contributed by atoms with Crippen LogP contribution in [0.2, 0.25) is 0 Å². The minimum Gasteiger partial charge on any atom is -0.380 e. The van der Waals surface area contributed by atoms with Gasteiger partial charge in [-0.1, -0.05) is 12.8 Å². The van der Waals surface area contributed by atoms with Gasteiger partial charge in [-0.2, -0.15) is 5.10 Å². The SMILES string of the molecule is CCn1cc(NC(C)C2CCCC2)cn1. The molecule has 1 aromatic rings. The summed E-state index contributed by atoms with van der Waals surface area (Å²) in [4.78, 5) is 0. The fourth-order valence-corrected chi connectivity index (χ4v) is 2.45. The van der Waals surface area contributed by atoms with Crippen molar-refractivity contribution in [2.45, 2.75) is 52.1 Å². The molecule has 1 fully saturated rings. The molecule has 15 heavy (non-hydrogen) atoms. The summed E-state index contributed by atoms with van der Waals surface area (Å²) in [5.74, 6) is 0.856. The van der Waals surface area contributed by atoms with Gasteiger partial charge in [-0.3, -0.25) is 4.68 Å². The van der Waals surface area contributed by atoms with E-state index in [4.69, 9.17) is 0 Å². The first kappa shape index (κ1) is 10.5. The van der Waals surface area contributed by atoms with E-state index >= 15 is 0 Å². The molecule has 0 saturated heterocycles. The minimum absolute atomic E-state index is 0.585. The third-order valence-electron chi connectivity index (χ3n) is 3.46. The lowest BCUT2D eigenvalue weighted by Crippen LogP contribution is -2.23. The normalized spacial score (nSPS) is 19.3. The van der Waals surface area contributed by atoms with Gasteiger partial charge < -0.3 is 5.32 Å². The Morgan fingerprint density at radius 3 is 2.87 bits per heavy atom. The lowest BCUT2D eigenvalue weighted by atomic mass is 10.00. The van der Waals surface area contributed by atoms with Crippen molar-refractivity contribution in [2.24, 2.45) is 5.92 Å². The molecule has 1 aromatic heterocycles. The van der Waals surface area contributed by atoms with Gasteiger partial charge in [0.05, 0.1) is 11.9 Å². The van der Waals surface area contributed by atoms with Crippen molar-refractivity contribution in [3.63, 3.8) is 0 Å². The molecule has 1 heterocycles. The predicted octanol–water partition coefficient (Wildman–Crippen LogP) is 2.89. The number of hydrogen-bond donors (Lipinski definition) is 1. The molecular formula is C12H21N3. The average molecular weight is 207 g/mol. The van der Waals surface area contributed by atoms with Crippen molar-refractivity contribution in [1.29, 1.82) is 0 Å². The molecule has 1 aliphatic rings. The number of aromatic nitrogens is 2. The number of nitrogens with one attached hydrogen (secondary N) is 1. The van der Waals surface area contributed by atoms with Crippen LogP contribution in [0.15, 0.2) is 12.4 Å². The summed E-state index contributed by atoms with van der Waals surface area (Å²) in [7, 11) is 0. The highest BCUT2D eigenvalue weighted by molar-refractivity contribution is 5.39. The Morgan fingerprint density at radius 1 is 1.53 bits per heavy atom. The Balaban J connectivity index is 1.89. The summed E-state index contributed by atoms with van der Waals surface area (Å²) in [5, 5.41) is 7.82. The van der Waals surface area contributed by atoms with E-state index in [1.165, 1.54) is 25.7 Å². The van der Waals surface area contributed by atoms with Gasteiger partial charge >= 0.3 is 0 Å².